The maximum absolute atomic E-state index is 11.7. The lowest BCUT2D eigenvalue weighted by Gasteiger charge is -2.11. The van der Waals surface area contributed by atoms with Gasteiger partial charge >= 0.3 is 0 Å². The number of hydrogen-bond donors (Lipinski definition) is 1. The van der Waals surface area contributed by atoms with Crippen molar-refractivity contribution in [1.29, 1.82) is 0 Å². The van der Waals surface area contributed by atoms with Crippen molar-refractivity contribution in [3.63, 3.8) is 0 Å². The third kappa shape index (κ3) is 3.50. The average Bonchev–Trinajstić information content (AvgIpc) is 2.21. The molecule has 0 saturated heterocycles. The number of carbonyl (C=O) groups excluding carboxylic acids is 1. The molecule has 0 aromatic heterocycles. The Morgan fingerprint density at radius 3 is 2.80 bits per heavy atom. The number of carbonyl (C=O) groups is 1. The van der Waals surface area contributed by atoms with Gasteiger partial charge in [0.2, 0.25) is 0 Å². The summed E-state index contributed by atoms with van der Waals surface area (Å²) in [6.07, 6.45) is 0.913. The van der Waals surface area contributed by atoms with Crippen LogP contribution in [0.25, 0.3) is 0 Å². The van der Waals surface area contributed by atoms with Crippen LogP contribution < -0.4 is 5.32 Å². The minimum atomic E-state index is -0.0845. The fraction of sp³-hybridized carbons (Fsp3) is 0.364. The zero-order chi connectivity index (χ0) is 11.4. The Morgan fingerprint density at radius 2 is 2.27 bits per heavy atom. The summed E-state index contributed by atoms with van der Waals surface area (Å²) in [6, 6.07) is 5.35. The Morgan fingerprint density at radius 1 is 1.60 bits per heavy atom. The number of hydrogen-bond acceptors (Lipinski definition) is 1. The Bertz CT molecular complexity index is 368. The third-order valence-electron chi connectivity index (χ3n) is 2.17. The minimum Gasteiger partial charge on any atom is -0.350 e. The maximum atomic E-state index is 11.7. The lowest BCUT2D eigenvalue weighted by Crippen LogP contribution is -2.31. The van der Waals surface area contributed by atoms with Crippen LogP contribution >= 0.6 is 27.5 Å². The second kappa shape index (κ2) is 5.52. The first kappa shape index (κ1) is 12.5. The Hall–Kier alpha value is -0.540. The molecular formula is C11H13BrClNO. The zero-order valence-electron chi connectivity index (χ0n) is 8.68. The molecule has 0 spiro atoms. The van der Waals surface area contributed by atoms with E-state index in [1.165, 1.54) is 0 Å². The van der Waals surface area contributed by atoms with E-state index in [2.05, 4.69) is 21.2 Å². The summed E-state index contributed by atoms with van der Waals surface area (Å²) < 4.78 is 0.796. The quantitative estimate of drug-likeness (QED) is 0.905. The van der Waals surface area contributed by atoms with Crippen LogP contribution in [0.1, 0.15) is 30.6 Å². The third-order valence-corrected chi connectivity index (χ3v) is 3.40. The van der Waals surface area contributed by atoms with Crippen LogP contribution in [0.3, 0.4) is 0 Å². The number of rotatable bonds is 3. The monoisotopic (exact) mass is 289 g/mol. The molecular weight excluding hydrogens is 277 g/mol. The van der Waals surface area contributed by atoms with E-state index in [4.69, 9.17) is 11.6 Å². The molecule has 1 unspecified atom stereocenters. The lowest BCUT2D eigenvalue weighted by atomic mass is 10.2. The van der Waals surface area contributed by atoms with Gasteiger partial charge in [0.25, 0.3) is 5.91 Å². The van der Waals surface area contributed by atoms with E-state index < -0.39 is 0 Å². The van der Waals surface area contributed by atoms with Crippen molar-refractivity contribution in [3.8, 4) is 0 Å². The summed E-state index contributed by atoms with van der Waals surface area (Å²) in [4.78, 5) is 11.7. The van der Waals surface area contributed by atoms with Gasteiger partial charge in [0, 0.05) is 16.1 Å². The highest BCUT2D eigenvalue weighted by atomic mass is 79.9. The summed E-state index contributed by atoms with van der Waals surface area (Å²) in [7, 11) is 0. The molecule has 15 heavy (non-hydrogen) atoms. The summed E-state index contributed by atoms with van der Waals surface area (Å²) in [5.41, 5.74) is 0.587. The lowest BCUT2D eigenvalue weighted by molar-refractivity contribution is 0.0939. The van der Waals surface area contributed by atoms with Crippen molar-refractivity contribution in [1.82, 2.24) is 5.32 Å². The van der Waals surface area contributed by atoms with Crippen LogP contribution in [-0.4, -0.2) is 11.9 Å². The van der Waals surface area contributed by atoms with Gasteiger partial charge in [0.05, 0.1) is 5.02 Å². The van der Waals surface area contributed by atoms with Crippen molar-refractivity contribution in [2.24, 2.45) is 0 Å². The number of nitrogens with one attached hydrogen (secondary N) is 1. The van der Waals surface area contributed by atoms with Crippen LogP contribution in [0.2, 0.25) is 5.02 Å². The van der Waals surface area contributed by atoms with Crippen molar-refractivity contribution in [2.75, 3.05) is 0 Å². The minimum absolute atomic E-state index is 0.0845. The number of benzene rings is 1. The van der Waals surface area contributed by atoms with Gasteiger partial charge < -0.3 is 5.32 Å². The van der Waals surface area contributed by atoms with Gasteiger partial charge in [0.15, 0.2) is 0 Å². The highest BCUT2D eigenvalue weighted by Gasteiger charge is 2.09. The van der Waals surface area contributed by atoms with Crippen LogP contribution in [0, 0.1) is 0 Å². The Balaban J connectivity index is 2.78. The molecule has 0 saturated carbocycles. The molecule has 1 aromatic carbocycles. The van der Waals surface area contributed by atoms with Crippen molar-refractivity contribution in [3.05, 3.63) is 33.3 Å². The molecule has 0 bridgehead atoms. The average molecular weight is 291 g/mol. The van der Waals surface area contributed by atoms with Crippen LogP contribution in [-0.2, 0) is 0 Å². The van der Waals surface area contributed by atoms with Crippen molar-refractivity contribution < 1.29 is 4.79 Å². The van der Waals surface area contributed by atoms with Gasteiger partial charge in [-0.15, -0.1) is 0 Å². The van der Waals surface area contributed by atoms with Gasteiger partial charge in [-0.1, -0.05) is 18.5 Å². The van der Waals surface area contributed by atoms with Crippen molar-refractivity contribution in [2.45, 2.75) is 26.3 Å². The smallest absolute Gasteiger partial charge is 0.251 e. The molecule has 1 aromatic rings. The molecule has 2 nitrogen and oxygen atoms in total. The predicted molar refractivity (Wildman–Crippen MR) is 66.4 cm³/mol. The van der Waals surface area contributed by atoms with E-state index >= 15 is 0 Å². The van der Waals surface area contributed by atoms with E-state index in [1.807, 2.05) is 13.8 Å². The Labute approximate surface area is 103 Å². The van der Waals surface area contributed by atoms with Crippen LogP contribution in [0.4, 0.5) is 0 Å². The molecule has 0 aliphatic rings. The number of halogens is 2. The fourth-order valence-corrected chi connectivity index (χ4v) is 1.47. The number of amides is 1. The highest BCUT2D eigenvalue weighted by molar-refractivity contribution is 9.10. The molecule has 82 valence electrons. The van der Waals surface area contributed by atoms with E-state index in [0.717, 1.165) is 10.9 Å². The van der Waals surface area contributed by atoms with Crippen LogP contribution in [0.15, 0.2) is 22.7 Å². The summed E-state index contributed by atoms with van der Waals surface area (Å²) in [5.74, 6) is -0.0845. The topological polar surface area (TPSA) is 29.1 Å². The molecule has 0 heterocycles. The molecule has 1 atom stereocenters. The summed E-state index contributed by atoms with van der Waals surface area (Å²) in [6.45, 7) is 4.00. The normalized spacial score (nSPS) is 12.3. The van der Waals surface area contributed by atoms with Crippen molar-refractivity contribution >= 4 is 33.4 Å². The zero-order valence-corrected chi connectivity index (χ0v) is 11.0. The first-order valence-electron chi connectivity index (χ1n) is 4.80. The van der Waals surface area contributed by atoms with E-state index in [1.54, 1.807) is 18.2 Å². The van der Waals surface area contributed by atoms with E-state index in [9.17, 15) is 4.79 Å². The molecule has 1 amide bonds. The first-order valence-corrected chi connectivity index (χ1v) is 5.97. The summed E-state index contributed by atoms with van der Waals surface area (Å²) in [5, 5.41) is 3.43. The van der Waals surface area contributed by atoms with Gasteiger partial charge in [-0.25, -0.2) is 0 Å². The van der Waals surface area contributed by atoms with Gasteiger partial charge in [-0.3, -0.25) is 4.79 Å². The standard InChI is InChI=1S/C11H13BrClNO/c1-3-7(2)14-11(15)8-4-5-9(12)10(13)6-8/h4-7H,3H2,1-2H3,(H,14,15). The van der Waals surface area contributed by atoms with E-state index in [-0.39, 0.29) is 11.9 Å². The molecule has 1 rings (SSSR count). The Kier molecular flexibility index (Phi) is 4.61. The molecule has 0 aliphatic carbocycles. The van der Waals surface area contributed by atoms with Gasteiger partial charge in [0.1, 0.15) is 0 Å². The van der Waals surface area contributed by atoms with Crippen LogP contribution in [0.5, 0.6) is 0 Å². The SMILES string of the molecule is CCC(C)NC(=O)c1ccc(Br)c(Cl)c1. The molecule has 1 N–H and O–H groups in total. The second-order valence-corrected chi connectivity index (χ2v) is 4.67. The molecule has 0 fully saturated rings. The molecule has 0 radical (unpaired) electrons. The van der Waals surface area contributed by atoms with Gasteiger partial charge in [-0.05, 0) is 47.5 Å². The fourth-order valence-electron chi connectivity index (χ4n) is 1.05. The maximum Gasteiger partial charge on any atom is 0.251 e. The predicted octanol–water partition coefficient (Wildman–Crippen LogP) is 3.63. The largest absolute Gasteiger partial charge is 0.350 e. The molecule has 4 heteroatoms. The summed E-state index contributed by atoms with van der Waals surface area (Å²) >= 11 is 9.18. The van der Waals surface area contributed by atoms with Gasteiger partial charge in [-0.2, -0.15) is 0 Å². The van der Waals surface area contributed by atoms with E-state index in [0.29, 0.717) is 10.6 Å². The second-order valence-electron chi connectivity index (χ2n) is 3.41. The first-order chi connectivity index (χ1) is 7.04. The molecule has 0 aliphatic heterocycles. The highest BCUT2D eigenvalue weighted by Crippen LogP contribution is 2.23.